The molecule has 5 nitrogen and oxygen atoms in total. The SMILES string of the molecule is Nc1cc(Oc2ccccc2Br)ccc1S(N)(=O)=O. The van der Waals surface area contributed by atoms with Crippen LogP contribution in [0.25, 0.3) is 0 Å². The van der Waals surface area contributed by atoms with Crippen LogP contribution in [-0.4, -0.2) is 8.42 Å². The number of nitrogens with two attached hydrogens (primary N) is 2. The Morgan fingerprint density at radius 3 is 2.37 bits per heavy atom. The van der Waals surface area contributed by atoms with E-state index in [0.717, 1.165) is 4.47 Å². The number of anilines is 1. The molecule has 0 aromatic heterocycles. The molecule has 2 aromatic carbocycles. The summed E-state index contributed by atoms with van der Waals surface area (Å²) < 4.78 is 28.8. The summed E-state index contributed by atoms with van der Waals surface area (Å²) in [5.41, 5.74) is 5.70. The van der Waals surface area contributed by atoms with Crippen LogP contribution in [0.2, 0.25) is 0 Å². The molecule has 0 bridgehead atoms. The van der Waals surface area contributed by atoms with Crippen LogP contribution in [0.1, 0.15) is 0 Å². The molecule has 0 atom stereocenters. The molecule has 0 saturated carbocycles. The number of primary sulfonamides is 1. The lowest BCUT2D eigenvalue weighted by atomic mass is 10.3. The zero-order chi connectivity index (χ0) is 14.0. The van der Waals surface area contributed by atoms with Crippen molar-refractivity contribution in [2.24, 2.45) is 5.14 Å². The number of ether oxygens (including phenoxy) is 1. The Morgan fingerprint density at radius 1 is 1.11 bits per heavy atom. The maximum Gasteiger partial charge on any atom is 0.240 e. The maximum atomic E-state index is 11.2. The molecule has 0 spiro atoms. The van der Waals surface area contributed by atoms with Crippen molar-refractivity contribution in [2.75, 3.05) is 5.73 Å². The Hall–Kier alpha value is -1.57. The van der Waals surface area contributed by atoms with Crippen molar-refractivity contribution >= 4 is 31.6 Å². The lowest BCUT2D eigenvalue weighted by Gasteiger charge is -2.09. The van der Waals surface area contributed by atoms with Crippen LogP contribution in [0, 0.1) is 0 Å². The summed E-state index contributed by atoms with van der Waals surface area (Å²) in [6.45, 7) is 0. The van der Waals surface area contributed by atoms with Crippen molar-refractivity contribution in [1.82, 2.24) is 0 Å². The van der Waals surface area contributed by atoms with E-state index in [-0.39, 0.29) is 10.6 Å². The first kappa shape index (κ1) is 13.9. The van der Waals surface area contributed by atoms with E-state index < -0.39 is 10.0 Å². The number of rotatable bonds is 3. The average molecular weight is 343 g/mol. The number of halogens is 1. The maximum absolute atomic E-state index is 11.2. The van der Waals surface area contributed by atoms with Gasteiger partial charge in [0.25, 0.3) is 0 Å². The topological polar surface area (TPSA) is 95.4 Å². The molecule has 4 N–H and O–H groups in total. The van der Waals surface area contributed by atoms with Crippen molar-refractivity contribution in [3.8, 4) is 11.5 Å². The number of hydrogen-bond donors (Lipinski definition) is 2. The number of hydrogen-bond acceptors (Lipinski definition) is 4. The molecule has 0 fully saturated rings. The third-order valence-corrected chi connectivity index (χ3v) is 3.99. The van der Waals surface area contributed by atoms with Crippen molar-refractivity contribution in [3.05, 3.63) is 46.9 Å². The highest BCUT2D eigenvalue weighted by Gasteiger charge is 2.13. The highest BCUT2D eigenvalue weighted by atomic mass is 79.9. The van der Waals surface area contributed by atoms with Gasteiger partial charge in [0, 0.05) is 6.07 Å². The van der Waals surface area contributed by atoms with Gasteiger partial charge in [-0.15, -0.1) is 0 Å². The quantitative estimate of drug-likeness (QED) is 0.837. The van der Waals surface area contributed by atoms with E-state index in [0.29, 0.717) is 11.5 Å². The standard InChI is InChI=1S/C12H11BrN2O3S/c13-9-3-1-2-4-11(9)18-8-5-6-12(10(14)7-8)19(15,16)17/h1-7H,14H2,(H2,15,16,17). The van der Waals surface area contributed by atoms with Gasteiger partial charge in [-0.1, -0.05) is 12.1 Å². The van der Waals surface area contributed by atoms with Crippen molar-refractivity contribution in [1.29, 1.82) is 0 Å². The zero-order valence-corrected chi connectivity index (χ0v) is 12.1. The van der Waals surface area contributed by atoms with E-state index >= 15 is 0 Å². The summed E-state index contributed by atoms with van der Waals surface area (Å²) in [5.74, 6) is 1.03. The van der Waals surface area contributed by atoms with Gasteiger partial charge in [0.2, 0.25) is 10.0 Å². The second kappa shape index (κ2) is 5.20. The third-order valence-electron chi connectivity index (χ3n) is 2.35. The molecule has 0 unspecified atom stereocenters. The molecule has 2 rings (SSSR count). The van der Waals surface area contributed by atoms with Gasteiger partial charge in [-0.3, -0.25) is 0 Å². The van der Waals surface area contributed by atoms with E-state index in [1.165, 1.54) is 18.2 Å². The van der Waals surface area contributed by atoms with Crippen LogP contribution >= 0.6 is 15.9 Å². The van der Waals surface area contributed by atoms with E-state index in [4.69, 9.17) is 15.6 Å². The van der Waals surface area contributed by atoms with E-state index in [9.17, 15) is 8.42 Å². The zero-order valence-electron chi connectivity index (χ0n) is 9.71. The second-order valence-corrected chi connectivity index (χ2v) is 6.16. The number of nitrogen functional groups attached to an aromatic ring is 1. The molecule has 0 aliphatic carbocycles. The Kier molecular flexibility index (Phi) is 3.79. The van der Waals surface area contributed by atoms with Crippen molar-refractivity contribution in [2.45, 2.75) is 4.90 Å². The van der Waals surface area contributed by atoms with Gasteiger partial charge in [-0.05, 0) is 40.2 Å². The minimum Gasteiger partial charge on any atom is -0.456 e. The van der Waals surface area contributed by atoms with Gasteiger partial charge >= 0.3 is 0 Å². The fourth-order valence-corrected chi connectivity index (χ4v) is 2.51. The van der Waals surface area contributed by atoms with Gasteiger partial charge < -0.3 is 10.5 Å². The Morgan fingerprint density at radius 2 is 1.79 bits per heavy atom. The molecule has 0 aliphatic rings. The molecule has 7 heteroatoms. The van der Waals surface area contributed by atoms with E-state index in [1.807, 2.05) is 18.2 Å². The first-order chi connectivity index (χ1) is 8.88. The molecule has 0 aliphatic heterocycles. The lowest BCUT2D eigenvalue weighted by Crippen LogP contribution is -2.14. The predicted molar refractivity (Wildman–Crippen MR) is 76.4 cm³/mol. The van der Waals surface area contributed by atoms with Crippen LogP contribution < -0.4 is 15.6 Å². The molecule has 0 amide bonds. The molecular weight excluding hydrogens is 332 g/mol. The molecule has 0 saturated heterocycles. The van der Waals surface area contributed by atoms with Crippen LogP contribution in [0.15, 0.2) is 51.8 Å². The van der Waals surface area contributed by atoms with Gasteiger partial charge in [0.1, 0.15) is 16.4 Å². The van der Waals surface area contributed by atoms with Gasteiger partial charge in [-0.25, -0.2) is 13.6 Å². The predicted octanol–water partition coefficient (Wildman–Crippen LogP) is 2.47. The summed E-state index contributed by atoms with van der Waals surface area (Å²) >= 11 is 3.35. The summed E-state index contributed by atoms with van der Waals surface area (Å²) in [7, 11) is -3.82. The molecule has 0 radical (unpaired) electrons. The highest BCUT2D eigenvalue weighted by molar-refractivity contribution is 9.10. The van der Waals surface area contributed by atoms with E-state index in [1.54, 1.807) is 6.07 Å². The van der Waals surface area contributed by atoms with Gasteiger partial charge in [0.15, 0.2) is 0 Å². The fourth-order valence-electron chi connectivity index (χ4n) is 1.50. The van der Waals surface area contributed by atoms with Crippen LogP contribution in [-0.2, 0) is 10.0 Å². The molecular formula is C12H11BrN2O3S. The largest absolute Gasteiger partial charge is 0.456 e. The first-order valence-electron chi connectivity index (χ1n) is 5.22. The number of para-hydroxylation sites is 1. The number of sulfonamides is 1. The normalized spacial score (nSPS) is 11.3. The molecule has 0 heterocycles. The average Bonchev–Trinajstić information content (AvgIpc) is 2.30. The Labute approximate surface area is 119 Å². The third kappa shape index (κ3) is 3.25. The van der Waals surface area contributed by atoms with Crippen molar-refractivity contribution < 1.29 is 13.2 Å². The summed E-state index contributed by atoms with van der Waals surface area (Å²) in [6.07, 6.45) is 0. The van der Waals surface area contributed by atoms with Crippen LogP contribution in [0.4, 0.5) is 5.69 Å². The smallest absolute Gasteiger partial charge is 0.240 e. The minimum atomic E-state index is -3.82. The molecule has 19 heavy (non-hydrogen) atoms. The van der Waals surface area contributed by atoms with Gasteiger partial charge in [0.05, 0.1) is 10.2 Å². The number of benzene rings is 2. The van der Waals surface area contributed by atoms with Crippen LogP contribution in [0.5, 0.6) is 11.5 Å². The summed E-state index contributed by atoms with van der Waals surface area (Å²) in [4.78, 5) is -0.119. The molecule has 100 valence electrons. The van der Waals surface area contributed by atoms with Crippen molar-refractivity contribution in [3.63, 3.8) is 0 Å². The monoisotopic (exact) mass is 342 g/mol. The van der Waals surface area contributed by atoms with E-state index in [2.05, 4.69) is 15.9 Å². The summed E-state index contributed by atoms with van der Waals surface area (Å²) in [5, 5.41) is 5.03. The van der Waals surface area contributed by atoms with Gasteiger partial charge in [-0.2, -0.15) is 0 Å². The molecule has 2 aromatic rings. The summed E-state index contributed by atoms with van der Waals surface area (Å²) in [6, 6.07) is 11.5. The fraction of sp³-hybridized carbons (Fsp3) is 0. The highest BCUT2D eigenvalue weighted by Crippen LogP contribution is 2.31. The van der Waals surface area contributed by atoms with Crippen LogP contribution in [0.3, 0.4) is 0 Å². The minimum absolute atomic E-state index is 0.0482. The Bertz CT molecular complexity index is 717. The Balaban J connectivity index is 2.34. The second-order valence-electron chi connectivity index (χ2n) is 3.78. The lowest BCUT2D eigenvalue weighted by molar-refractivity contribution is 0.479. The first-order valence-corrected chi connectivity index (χ1v) is 7.56.